The maximum absolute atomic E-state index is 12.8. The van der Waals surface area contributed by atoms with Gasteiger partial charge in [-0.05, 0) is 32.2 Å². The summed E-state index contributed by atoms with van der Waals surface area (Å²) in [7, 11) is -1.64. The average Bonchev–Trinajstić information content (AvgIpc) is 2.70. The van der Waals surface area contributed by atoms with Gasteiger partial charge in [0.25, 0.3) is 0 Å². The SMILES string of the molecule is CNCc1cc(S(=O)(=O)N2CCCC(C)(C)C2)c(C)o1. The lowest BCUT2D eigenvalue weighted by atomic mass is 9.85. The highest BCUT2D eigenvalue weighted by Gasteiger charge is 2.35. The second kappa shape index (κ2) is 5.50. The Hall–Kier alpha value is -0.850. The molecule has 6 heteroatoms. The van der Waals surface area contributed by atoms with Crippen LogP contribution in [0.1, 0.15) is 38.2 Å². The van der Waals surface area contributed by atoms with Crippen LogP contribution in [0.2, 0.25) is 0 Å². The van der Waals surface area contributed by atoms with Gasteiger partial charge in [0.1, 0.15) is 16.4 Å². The molecule has 5 nitrogen and oxygen atoms in total. The normalized spacial score (nSPS) is 20.2. The maximum Gasteiger partial charge on any atom is 0.246 e. The summed E-state index contributed by atoms with van der Waals surface area (Å²) in [5, 5.41) is 2.97. The minimum atomic E-state index is -3.45. The zero-order chi connectivity index (χ0) is 15.0. The van der Waals surface area contributed by atoms with Crippen molar-refractivity contribution >= 4 is 10.0 Å². The zero-order valence-corrected chi connectivity index (χ0v) is 13.5. The molecule has 0 radical (unpaired) electrons. The molecule has 1 aromatic heterocycles. The van der Waals surface area contributed by atoms with Crippen molar-refractivity contribution in [2.45, 2.75) is 45.1 Å². The first-order chi connectivity index (χ1) is 9.26. The van der Waals surface area contributed by atoms with E-state index in [4.69, 9.17) is 4.42 Å². The van der Waals surface area contributed by atoms with Crippen molar-refractivity contribution in [3.8, 4) is 0 Å². The zero-order valence-electron chi connectivity index (χ0n) is 12.7. The number of nitrogens with zero attached hydrogens (tertiary/aromatic N) is 1. The van der Waals surface area contributed by atoms with Crippen LogP contribution in [-0.2, 0) is 16.6 Å². The minimum Gasteiger partial charge on any atom is -0.464 e. The lowest BCUT2D eigenvalue weighted by molar-refractivity contribution is 0.187. The fourth-order valence-electron chi connectivity index (χ4n) is 2.76. The molecule has 0 aromatic carbocycles. The third-order valence-corrected chi connectivity index (χ3v) is 5.71. The number of hydrogen-bond acceptors (Lipinski definition) is 4. The predicted molar refractivity (Wildman–Crippen MR) is 78.0 cm³/mol. The van der Waals surface area contributed by atoms with Gasteiger partial charge in [0, 0.05) is 19.2 Å². The van der Waals surface area contributed by atoms with Crippen LogP contribution >= 0.6 is 0 Å². The molecule has 1 aliphatic rings. The Kier molecular flexibility index (Phi) is 4.27. The first kappa shape index (κ1) is 15.5. The minimum absolute atomic E-state index is 0.0385. The van der Waals surface area contributed by atoms with Gasteiger partial charge in [0.05, 0.1) is 6.54 Å². The molecule has 114 valence electrons. The Balaban J connectivity index is 2.30. The van der Waals surface area contributed by atoms with E-state index in [1.165, 1.54) is 0 Å². The van der Waals surface area contributed by atoms with Crippen molar-refractivity contribution in [2.75, 3.05) is 20.1 Å². The molecular formula is C14H24N2O3S. The van der Waals surface area contributed by atoms with Gasteiger partial charge in [0.15, 0.2) is 0 Å². The molecule has 2 heterocycles. The van der Waals surface area contributed by atoms with Gasteiger partial charge in [-0.2, -0.15) is 4.31 Å². The molecule has 0 bridgehead atoms. The summed E-state index contributed by atoms with van der Waals surface area (Å²) in [6, 6.07) is 1.64. The van der Waals surface area contributed by atoms with Crippen molar-refractivity contribution in [3.05, 3.63) is 17.6 Å². The number of rotatable bonds is 4. The smallest absolute Gasteiger partial charge is 0.246 e. The van der Waals surface area contributed by atoms with Gasteiger partial charge in [0.2, 0.25) is 10.0 Å². The maximum atomic E-state index is 12.8. The molecule has 0 aliphatic carbocycles. The molecule has 20 heavy (non-hydrogen) atoms. The number of nitrogens with one attached hydrogen (secondary N) is 1. The van der Waals surface area contributed by atoms with Gasteiger partial charge in [-0.3, -0.25) is 0 Å². The van der Waals surface area contributed by atoms with E-state index in [0.29, 0.717) is 36.1 Å². The number of hydrogen-bond donors (Lipinski definition) is 1. The molecule has 1 aromatic rings. The van der Waals surface area contributed by atoms with E-state index in [2.05, 4.69) is 19.2 Å². The molecule has 1 aliphatic heterocycles. The van der Waals surface area contributed by atoms with E-state index in [-0.39, 0.29) is 5.41 Å². The molecular weight excluding hydrogens is 276 g/mol. The average molecular weight is 300 g/mol. The molecule has 0 spiro atoms. The summed E-state index contributed by atoms with van der Waals surface area (Å²) in [6.45, 7) is 7.63. The van der Waals surface area contributed by atoms with E-state index < -0.39 is 10.0 Å². The van der Waals surface area contributed by atoms with Crippen molar-refractivity contribution < 1.29 is 12.8 Å². The van der Waals surface area contributed by atoms with Crippen LogP contribution in [0.4, 0.5) is 0 Å². The fraction of sp³-hybridized carbons (Fsp3) is 0.714. The first-order valence-electron chi connectivity index (χ1n) is 7.00. The van der Waals surface area contributed by atoms with Crippen LogP contribution < -0.4 is 5.32 Å². The Morgan fingerprint density at radius 1 is 1.45 bits per heavy atom. The Bertz CT molecular complexity index is 575. The molecule has 0 saturated carbocycles. The van der Waals surface area contributed by atoms with Crippen molar-refractivity contribution in [3.63, 3.8) is 0 Å². The molecule has 1 fully saturated rings. The third-order valence-electron chi connectivity index (χ3n) is 3.76. The van der Waals surface area contributed by atoms with E-state index in [1.54, 1.807) is 24.3 Å². The first-order valence-corrected chi connectivity index (χ1v) is 8.44. The highest BCUT2D eigenvalue weighted by atomic mass is 32.2. The van der Waals surface area contributed by atoms with Crippen LogP contribution in [-0.4, -0.2) is 32.9 Å². The van der Waals surface area contributed by atoms with Crippen molar-refractivity contribution in [2.24, 2.45) is 5.41 Å². The summed E-state index contributed by atoms with van der Waals surface area (Å²) in [6.07, 6.45) is 1.97. The molecule has 0 unspecified atom stereocenters. The lowest BCUT2D eigenvalue weighted by Gasteiger charge is -2.37. The van der Waals surface area contributed by atoms with Gasteiger partial charge >= 0.3 is 0 Å². The van der Waals surface area contributed by atoms with Crippen LogP contribution in [0.25, 0.3) is 0 Å². The predicted octanol–water partition coefficient (Wildman–Crippen LogP) is 2.12. The lowest BCUT2D eigenvalue weighted by Crippen LogP contribution is -2.43. The summed E-state index contributed by atoms with van der Waals surface area (Å²) >= 11 is 0. The van der Waals surface area contributed by atoms with E-state index >= 15 is 0 Å². The third kappa shape index (κ3) is 3.07. The summed E-state index contributed by atoms with van der Waals surface area (Å²) in [5.74, 6) is 1.12. The number of sulfonamides is 1. The highest BCUT2D eigenvalue weighted by Crippen LogP contribution is 2.33. The van der Waals surface area contributed by atoms with E-state index in [9.17, 15) is 8.42 Å². The van der Waals surface area contributed by atoms with Gasteiger partial charge in [-0.1, -0.05) is 13.8 Å². The van der Waals surface area contributed by atoms with Crippen molar-refractivity contribution in [1.82, 2.24) is 9.62 Å². The van der Waals surface area contributed by atoms with Gasteiger partial charge < -0.3 is 9.73 Å². The molecule has 0 atom stereocenters. The topological polar surface area (TPSA) is 62.6 Å². The standard InChI is InChI=1S/C14H24N2O3S/c1-11-13(8-12(19-11)9-15-4)20(17,18)16-7-5-6-14(2,3)10-16/h8,15H,5-7,9-10H2,1-4H3. The fourth-order valence-corrected chi connectivity index (χ4v) is 4.61. The molecule has 2 rings (SSSR count). The Labute approximate surface area is 121 Å². The Morgan fingerprint density at radius 3 is 2.75 bits per heavy atom. The molecule has 1 N–H and O–H groups in total. The Morgan fingerprint density at radius 2 is 2.15 bits per heavy atom. The molecule has 0 amide bonds. The quantitative estimate of drug-likeness (QED) is 0.925. The van der Waals surface area contributed by atoms with Crippen LogP contribution in [0.5, 0.6) is 0 Å². The second-order valence-corrected chi connectivity index (χ2v) is 8.18. The van der Waals surface area contributed by atoms with Gasteiger partial charge in [-0.25, -0.2) is 8.42 Å². The van der Waals surface area contributed by atoms with E-state index in [1.807, 2.05) is 0 Å². The summed E-state index contributed by atoms with van der Waals surface area (Å²) in [5.41, 5.74) is 0.0385. The largest absolute Gasteiger partial charge is 0.464 e. The molecule has 1 saturated heterocycles. The monoisotopic (exact) mass is 300 g/mol. The number of piperidine rings is 1. The summed E-state index contributed by atoms with van der Waals surface area (Å²) < 4.78 is 32.6. The number of furan rings is 1. The van der Waals surface area contributed by atoms with Gasteiger partial charge in [-0.15, -0.1) is 0 Å². The second-order valence-electron chi connectivity index (χ2n) is 6.27. The van der Waals surface area contributed by atoms with Crippen LogP contribution in [0.15, 0.2) is 15.4 Å². The summed E-state index contributed by atoms with van der Waals surface area (Å²) in [4.78, 5) is 0.306. The van der Waals surface area contributed by atoms with Crippen molar-refractivity contribution in [1.29, 1.82) is 0 Å². The number of aryl methyl sites for hydroxylation is 1. The van der Waals surface area contributed by atoms with E-state index in [0.717, 1.165) is 12.8 Å². The highest BCUT2D eigenvalue weighted by molar-refractivity contribution is 7.89. The van der Waals surface area contributed by atoms with Crippen LogP contribution in [0.3, 0.4) is 0 Å². The van der Waals surface area contributed by atoms with Crippen LogP contribution in [0, 0.1) is 12.3 Å².